The largest absolute Gasteiger partial charge is 0.285 e. The molecule has 0 spiro atoms. The third-order valence-electron chi connectivity index (χ3n) is 4.52. The molecule has 0 aliphatic carbocycles. The van der Waals surface area contributed by atoms with Gasteiger partial charge in [0, 0.05) is 23.3 Å². The lowest BCUT2D eigenvalue weighted by atomic mass is 9.91. The Hall–Kier alpha value is -3.86. The molecular formula is C22H13NO4. The lowest BCUT2D eigenvalue weighted by Gasteiger charge is -2.10. The van der Waals surface area contributed by atoms with Gasteiger partial charge in [0.1, 0.15) is 0 Å². The van der Waals surface area contributed by atoms with Crippen LogP contribution in [-0.2, 0) is 0 Å². The zero-order chi connectivity index (χ0) is 19.0. The van der Waals surface area contributed by atoms with Crippen LogP contribution in [0.2, 0.25) is 0 Å². The van der Waals surface area contributed by atoms with E-state index < -0.39 is 16.5 Å². The predicted molar refractivity (Wildman–Crippen MR) is 103 cm³/mol. The maximum atomic E-state index is 13.1. The summed E-state index contributed by atoms with van der Waals surface area (Å²) in [5.41, 5.74) is 0.0999. The van der Waals surface area contributed by atoms with E-state index in [4.69, 9.17) is 0 Å². The van der Waals surface area contributed by atoms with E-state index >= 15 is 0 Å². The highest BCUT2D eigenvalue weighted by Gasteiger charge is 2.24. The molecule has 5 nitrogen and oxygen atoms in total. The first-order valence-corrected chi connectivity index (χ1v) is 8.30. The molecule has 130 valence electrons. The summed E-state index contributed by atoms with van der Waals surface area (Å²) in [6, 6.07) is 21.9. The summed E-state index contributed by atoms with van der Waals surface area (Å²) in [5.74, 6) is -1.44. The first-order chi connectivity index (χ1) is 13.1. The molecule has 0 N–H and O–H groups in total. The fourth-order valence-electron chi connectivity index (χ4n) is 3.26. The van der Waals surface area contributed by atoms with Crippen molar-refractivity contribution >= 4 is 38.8 Å². The Morgan fingerprint density at radius 1 is 0.704 bits per heavy atom. The topological polar surface area (TPSA) is 77.3 Å². The van der Waals surface area contributed by atoms with Crippen LogP contribution in [0.1, 0.15) is 20.7 Å². The highest BCUT2D eigenvalue weighted by atomic mass is 16.6. The van der Waals surface area contributed by atoms with Gasteiger partial charge in [-0.2, -0.15) is 0 Å². The number of rotatable bonds is 4. The number of hydrogen-bond donors (Lipinski definition) is 0. The average molecular weight is 355 g/mol. The number of hydrogen-bond acceptors (Lipinski definition) is 4. The number of nitro groups is 1. The number of benzene rings is 4. The van der Waals surface area contributed by atoms with Gasteiger partial charge in [-0.1, -0.05) is 60.7 Å². The Balaban J connectivity index is 1.92. The lowest BCUT2D eigenvalue weighted by Crippen LogP contribution is -2.15. The SMILES string of the molecule is O=C(C(=O)c1c2ccccc2cc2ccccc12)c1cccc([N+](=O)[O-])c1. The second-order valence-electron chi connectivity index (χ2n) is 6.16. The van der Waals surface area contributed by atoms with E-state index in [1.165, 1.54) is 18.2 Å². The summed E-state index contributed by atoms with van der Waals surface area (Å²) in [6.07, 6.45) is 0. The van der Waals surface area contributed by atoms with Gasteiger partial charge in [-0.25, -0.2) is 0 Å². The third kappa shape index (κ3) is 2.85. The van der Waals surface area contributed by atoms with E-state index in [1.807, 2.05) is 42.5 Å². The van der Waals surface area contributed by atoms with Crippen molar-refractivity contribution in [2.45, 2.75) is 0 Å². The molecular weight excluding hydrogens is 342 g/mol. The molecule has 0 saturated carbocycles. The highest BCUT2D eigenvalue weighted by molar-refractivity contribution is 6.52. The minimum atomic E-state index is -0.764. The van der Waals surface area contributed by atoms with E-state index in [-0.39, 0.29) is 11.3 Å². The summed E-state index contributed by atoms with van der Waals surface area (Å²) in [4.78, 5) is 36.4. The first kappa shape index (κ1) is 16.6. The zero-order valence-corrected chi connectivity index (χ0v) is 14.1. The molecule has 0 atom stereocenters. The van der Waals surface area contributed by atoms with Crippen LogP contribution in [0, 0.1) is 10.1 Å². The molecule has 5 heteroatoms. The summed E-state index contributed by atoms with van der Waals surface area (Å²) < 4.78 is 0. The molecule has 4 aromatic rings. The van der Waals surface area contributed by atoms with Gasteiger partial charge in [-0.3, -0.25) is 19.7 Å². The standard InChI is InChI=1S/C22H13NO4/c24-21(16-8-5-9-17(13-16)23(26)27)22(25)20-18-10-3-1-6-14(18)12-15-7-2-4-11-19(15)20/h1-13H. The van der Waals surface area contributed by atoms with Gasteiger partial charge in [-0.15, -0.1) is 0 Å². The van der Waals surface area contributed by atoms with E-state index in [9.17, 15) is 19.7 Å². The Bertz CT molecular complexity index is 1190. The number of nitro benzene ring substituents is 1. The highest BCUT2D eigenvalue weighted by Crippen LogP contribution is 2.29. The monoisotopic (exact) mass is 355 g/mol. The number of carbonyl (C=O) groups is 2. The molecule has 4 rings (SSSR count). The number of fused-ring (bicyclic) bond motifs is 2. The van der Waals surface area contributed by atoms with Crippen molar-refractivity contribution in [1.82, 2.24) is 0 Å². The Morgan fingerprint density at radius 2 is 1.30 bits per heavy atom. The predicted octanol–water partition coefficient (Wildman–Crippen LogP) is 4.97. The van der Waals surface area contributed by atoms with Gasteiger partial charge in [0.2, 0.25) is 11.6 Å². The molecule has 0 fully saturated rings. The molecule has 0 aromatic heterocycles. The molecule has 0 saturated heterocycles. The minimum absolute atomic E-state index is 0.00575. The maximum absolute atomic E-state index is 13.1. The first-order valence-electron chi connectivity index (χ1n) is 8.30. The van der Waals surface area contributed by atoms with Gasteiger partial charge < -0.3 is 0 Å². The zero-order valence-electron chi connectivity index (χ0n) is 14.1. The molecule has 0 bridgehead atoms. The van der Waals surface area contributed by atoms with Gasteiger partial charge in [-0.05, 0) is 27.6 Å². The Morgan fingerprint density at radius 3 is 1.89 bits per heavy atom. The van der Waals surface area contributed by atoms with Crippen LogP contribution in [-0.4, -0.2) is 16.5 Å². The smallest absolute Gasteiger partial charge is 0.270 e. The van der Waals surface area contributed by atoms with Crippen molar-refractivity contribution in [3.05, 3.63) is 100 Å². The number of nitrogens with zero attached hydrogens (tertiary/aromatic N) is 1. The number of non-ortho nitro benzene ring substituents is 1. The molecule has 0 amide bonds. The summed E-state index contributed by atoms with van der Waals surface area (Å²) in [7, 11) is 0. The van der Waals surface area contributed by atoms with Crippen LogP contribution < -0.4 is 0 Å². The van der Waals surface area contributed by atoms with Crippen LogP contribution in [0.5, 0.6) is 0 Å². The number of ketones is 2. The normalized spacial score (nSPS) is 10.8. The number of Topliss-reactive ketones (excluding diaryl/α,β-unsaturated/α-hetero) is 2. The summed E-state index contributed by atoms with van der Waals surface area (Å²) in [6.45, 7) is 0. The van der Waals surface area contributed by atoms with Crippen molar-refractivity contribution in [3.63, 3.8) is 0 Å². The fourth-order valence-corrected chi connectivity index (χ4v) is 3.26. The van der Waals surface area contributed by atoms with Crippen molar-refractivity contribution < 1.29 is 14.5 Å². The molecule has 0 unspecified atom stereocenters. The van der Waals surface area contributed by atoms with Crippen molar-refractivity contribution in [1.29, 1.82) is 0 Å². The maximum Gasteiger partial charge on any atom is 0.270 e. The van der Waals surface area contributed by atoms with Gasteiger partial charge in [0.25, 0.3) is 5.69 Å². The molecule has 4 aromatic carbocycles. The average Bonchev–Trinajstić information content (AvgIpc) is 2.71. The van der Waals surface area contributed by atoms with Crippen LogP contribution in [0.4, 0.5) is 5.69 Å². The fraction of sp³-hybridized carbons (Fsp3) is 0. The second-order valence-corrected chi connectivity index (χ2v) is 6.16. The molecule has 27 heavy (non-hydrogen) atoms. The van der Waals surface area contributed by atoms with Crippen LogP contribution in [0.15, 0.2) is 78.9 Å². The third-order valence-corrected chi connectivity index (χ3v) is 4.52. The Kier molecular flexibility index (Phi) is 3.97. The van der Waals surface area contributed by atoms with Gasteiger partial charge in [0.15, 0.2) is 0 Å². The van der Waals surface area contributed by atoms with Crippen LogP contribution in [0.3, 0.4) is 0 Å². The quantitative estimate of drug-likeness (QED) is 0.170. The summed E-state index contributed by atoms with van der Waals surface area (Å²) in [5, 5.41) is 14.0. The molecule has 0 aliphatic rings. The van der Waals surface area contributed by atoms with E-state index in [2.05, 4.69) is 0 Å². The molecule has 0 radical (unpaired) electrons. The van der Waals surface area contributed by atoms with E-state index in [1.54, 1.807) is 12.1 Å². The van der Waals surface area contributed by atoms with E-state index in [0.29, 0.717) is 16.3 Å². The van der Waals surface area contributed by atoms with Crippen molar-refractivity contribution in [2.75, 3.05) is 0 Å². The minimum Gasteiger partial charge on any atom is -0.285 e. The lowest BCUT2D eigenvalue weighted by molar-refractivity contribution is -0.384. The van der Waals surface area contributed by atoms with Gasteiger partial charge >= 0.3 is 0 Å². The summed E-state index contributed by atoms with van der Waals surface area (Å²) >= 11 is 0. The van der Waals surface area contributed by atoms with E-state index in [0.717, 1.165) is 16.8 Å². The number of carbonyl (C=O) groups excluding carboxylic acids is 2. The van der Waals surface area contributed by atoms with Crippen LogP contribution in [0.25, 0.3) is 21.5 Å². The molecule has 0 aliphatic heterocycles. The van der Waals surface area contributed by atoms with Crippen molar-refractivity contribution in [2.24, 2.45) is 0 Å². The molecule has 0 heterocycles. The second kappa shape index (κ2) is 6.46. The van der Waals surface area contributed by atoms with Crippen molar-refractivity contribution in [3.8, 4) is 0 Å². The van der Waals surface area contributed by atoms with Crippen LogP contribution >= 0.6 is 0 Å². The van der Waals surface area contributed by atoms with Gasteiger partial charge in [0.05, 0.1) is 4.92 Å². The Labute approximate surface area is 154 Å².